The fourth-order valence-electron chi connectivity index (χ4n) is 3.22. The summed E-state index contributed by atoms with van der Waals surface area (Å²) in [6, 6.07) is 4.10. The molecule has 1 amide bonds. The van der Waals surface area contributed by atoms with Gasteiger partial charge in [0.2, 0.25) is 5.91 Å². The summed E-state index contributed by atoms with van der Waals surface area (Å²) in [5.74, 6) is 1.05. The third kappa shape index (κ3) is 4.17. The van der Waals surface area contributed by atoms with Crippen molar-refractivity contribution in [1.82, 2.24) is 20.0 Å². The van der Waals surface area contributed by atoms with Gasteiger partial charge in [-0.3, -0.25) is 9.69 Å². The Bertz CT molecular complexity index is 498. The monoisotopic (exact) mass is 319 g/mol. The lowest BCUT2D eigenvalue weighted by Gasteiger charge is -2.38. The van der Waals surface area contributed by atoms with E-state index < -0.39 is 0 Å². The van der Waals surface area contributed by atoms with Crippen LogP contribution in [-0.4, -0.2) is 77.4 Å². The van der Waals surface area contributed by atoms with E-state index in [-0.39, 0.29) is 11.9 Å². The lowest BCUT2D eigenvalue weighted by atomic mass is 10.0. The topological polar surface area (TPSA) is 70.6 Å². The molecule has 1 aromatic rings. The van der Waals surface area contributed by atoms with Gasteiger partial charge in [0.25, 0.3) is 0 Å². The van der Waals surface area contributed by atoms with Crippen molar-refractivity contribution in [2.75, 3.05) is 44.7 Å². The molecule has 0 radical (unpaired) electrons. The number of hydrogen-bond donors (Lipinski definition) is 1. The van der Waals surface area contributed by atoms with E-state index >= 15 is 0 Å². The number of anilines is 1. The van der Waals surface area contributed by atoms with Crippen molar-refractivity contribution < 1.29 is 9.53 Å². The summed E-state index contributed by atoms with van der Waals surface area (Å²) < 4.78 is 5.36. The van der Waals surface area contributed by atoms with Crippen LogP contribution >= 0.6 is 0 Å². The average molecular weight is 319 g/mol. The first-order valence-electron chi connectivity index (χ1n) is 8.39. The second kappa shape index (κ2) is 7.70. The molecular formula is C16H25N5O2. The highest BCUT2D eigenvalue weighted by atomic mass is 16.5. The van der Waals surface area contributed by atoms with Crippen molar-refractivity contribution in [3.63, 3.8) is 0 Å². The molecule has 0 aliphatic carbocycles. The Morgan fingerprint density at radius 1 is 1.30 bits per heavy atom. The molecule has 0 bridgehead atoms. The molecule has 0 saturated carbocycles. The first-order chi connectivity index (χ1) is 11.2. The van der Waals surface area contributed by atoms with Crippen molar-refractivity contribution in [2.24, 2.45) is 0 Å². The average Bonchev–Trinajstić information content (AvgIpc) is 2.63. The summed E-state index contributed by atoms with van der Waals surface area (Å²) in [6.45, 7) is 6.74. The van der Waals surface area contributed by atoms with Gasteiger partial charge in [-0.05, 0) is 31.9 Å². The Morgan fingerprint density at radius 2 is 2.04 bits per heavy atom. The fourth-order valence-corrected chi connectivity index (χ4v) is 3.22. The molecule has 23 heavy (non-hydrogen) atoms. The van der Waals surface area contributed by atoms with Gasteiger partial charge < -0.3 is 15.0 Å². The highest BCUT2D eigenvalue weighted by Crippen LogP contribution is 2.17. The summed E-state index contributed by atoms with van der Waals surface area (Å²) in [5, 5.41) is 11.3. The predicted molar refractivity (Wildman–Crippen MR) is 87.1 cm³/mol. The van der Waals surface area contributed by atoms with Crippen LogP contribution in [0, 0.1) is 0 Å². The number of ether oxygens (including phenoxy) is 1. The largest absolute Gasteiger partial charge is 0.379 e. The van der Waals surface area contributed by atoms with Crippen molar-refractivity contribution in [1.29, 1.82) is 0 Å². The Balaban J connectivity index is 1.47. The number of carbonyl (C=O) groups excluding carboxylic acids is 1. The van der Waals surface area contributed by atoms with Crippen molar-refractivity contribution in [3.05, 3.63) is 18.3 Å². The maximum absolute atomic E-state index is 12.7. The molecular weight excluding hydrogens is 294 g/mol. The molecule has 7 heteroatoms. The molecule has 2 aliphatic rings. The van der Waals surface area contributed by atoms with Crippen LogP contribution in [0.1, 0.15) is 19.8 Å². The molecule has 1 atom stereocenters. The summed E-state index contributed by atoms with van der Waals surface area (Å²) in [7, 11) is 0. The molecule has 2 fully saturated rings. The molecule has 0 unspecified atom stereocenters. The van der Waals surface area contributed by atoms with Gasteiger partial charge in [-0.2, -0.15) is 5.10 Å². The van der Waals surface area contributed by atoms with E-state index in [0.717, 1.165) is 58.1 Å². The highest BCUT2D eigenvalue weighted by Gasteiger charge is 2.29. The molecule has 0 aromatic carbocycles. The minimum Gasteiger partial charge on any atom is -0.379 e. The summed E-state index contributed by atoms with van der Waals surface area (Å²) >= 11 is 0. The van der Waals surface area contributed by atoms with Crippen molar-refractivity contribution in [2.45, 2.75) is 31.8 Å². The number of piperidine rings is 1. The number of hydrogen-bond acceptors (Lipinski definition) is 6. The summed E-state index contributed by atoms with van der Waals surface area (Å²) in [4.78, 5) is 16.9. The standard InChI is InChI=1S/C16H25N5O2/c1-13(20-9-11-23-12-10-20)16(22)21-7-4-14(5-8-21)18-15-3-2-6-17-19-15/h2-3,6,13-14H,4-5,7-12H2,1H3,(H,18,19)/t13-/m1/s1. The maximum Gasteiger partial charge on any atom is 0.239 e. The van der Waals surface area contributed by atoms with Crippen LogP contribution in [0.15, 0.2) is 18.3 Å². The first-order valence-corrected chi connectivity index (χ1v) is 8.39. The van der Waals surface area contributed by atoms with Gasteiger partial charge in [-0.25, -0.2) is 0 Å². The number of amides is 1. The number of aromatic nitrogens is 2. The molecule has 126 valence electrons. The second-order valence-corrected chi connectivity index (χ2v) is 6.18. The van der Waals surface area contributed by atoms with Gasteiger partial charge in [0.15, 0.2) is 0 Å². The zero-order valence-electron chi connectivity index (χ0n) is 13.6. The summed E-state index contributed by atoms with van der Waals surface area (Å²) in [5.41, 5.74) is 0. The van der Waals surface area contributed by atoms with E-state index in [0.29, 0.717) is 6.04 Å². The molecule has 7 nitrogen and oxygen atoms in total. The van der Waals surface area contributed by atoms with Gasteiger partial charge in [-0.15, -0.1) is 5.10 Å². The van der Waals surface area contributed by atoms with Crippen LogP contribution in [0.4, 0.5) is 5.82 Å². The van der Waals surface area contributed by atoms with E-state index in [9.17, 15) is 4.79 Å². The van der Waals surface area contributed by atoms with Crippen LogP contribution < -0.4 is 5.32 Å². The number of rotatable bonds is 4. The van der Waals surface area contributed by atoms with Gasteiger partial charge in [0.05, 0.1) is 19.3 Å². The smallest absolute Gasteiger partial charge is 0.239 e. The molecule has 3 rings (SSSR count). The zero-order chi connectivity index (χ0) is 16.1. The normalized spacial score (nSPS) is 21.9. The maximum atomic E-state index is 12.7. The number of carbonyl (C=O) groups is 1. The number of nitrogens with one attached hydrogen (secondary N) is 1. The fraction of sp³-hybridized carbons (Fsp3) is 0.688. The SMILES string of the molecule is C[C@H](C(=O)N1CCC(Nc2cccnn2)CC1)N1CCOCC1. The van der Waals surface area contributed by atoms with Gasteiger partial charge in [-0.1, -0.05) is 0 Å². The Labute approximate surface area is 137 Å². The molecule has 0 spiro atoms. The van der Waals surface area contributed by atoms with Gasteiger partial charge in [0.1, 0.15) is 5.82 Å². The van der Waals surface area contributed by atoms with Crippen LogP contribution in [0.25, 0.3) is 0 Å². The van der Waals surface area contributed by atoms with E-state index in [2.05, 4.69) is 20.4 Å². The van der Waals surface area contributed by atoms with E-state index in [1.165, 1.54) is 0 Å². The number of morpholine rings is 1. The lowest BCUT2D eigenvalue weighted by Crippen LogP contribution is -2.53. The highest BCUT2D eigenvalue weighted by molar-refractivity contribution is 5.81. The number of nitrogens with zero attached hydrogens (tertiary/aromatic N) is 4. The Kier molecular flexibility index (Phi) is 5.40. The molecule has 1 aromatic heterocycles. The summed E-state index contributed by atoms with van der Waals surface area (Å²) in [6.07, 6.45) is 3.55. The van der Waals surface area contributed by atoms with Gasteiger partial charge in [0, 0.05) is 38.4 Å². The number of likely N-dealkylation sites (tertiary alicyclic amines) is 1. The minimum atomic E-state index is -0.0524. The van der Waals surface area contributed by atoms with Crippen LogP contribution in [0.5, 0.6) is 0 Å². The Hall–Kier alpha value is -1.73. The third-order valence-corrected chi connectivity index (χ3v) is 4.68. The first kappa shape index (κ1) is 16.1. The Morgan fingerprint density at radius 3 is 2.70 bits per heavy atom. The van der Waals surface area contributed by atoms with Crippen LogP contribution in [0.3, 0.4) is 0 Å². The predicted octanol–water partition coefficient (Wildman–Crippen LogP) is 0.600. The van der Waals surface area contributed by atoms with E-state index in [4.69, 9.17) is 4.74 Å². The quantitative estimate of drug-likeness (QED) is 0.876. The van der Waals surface area contributed by atoms with E-state index in [1.54, 1.807) is 6.20 Å². The minimum absolute atomic E-state index is 0.0524. The molecule has 2 aliphatic heterocycles. The second-order valence-electron chi connectivity index (χ2n) is 6.18. The third-order valence-electron chi connectivity index (χ3n) is 4.68. The molecule has 1 N–H and O–H groups in total. The van der Waals surface area contributed by atoms with Gasteiger partial charge >= 0.3 is 0 Å². The lowest BCUT2D eigenvalue weighted by molar-refractivity contribution is -0.139. The van der Waals surface area contributed by atoms with E-state index in [1.807, 2.05) is 24.0 Å². The zero-order valence-corrected chi connectivity index (χ0v) is 13.6. The van der Waals surface area contributed by atoms with Crippen LogP contribution in [-0.2, 0) is 9.53 Å². The van der Waals surface area contributed by atoms with Crippen molar-refractivity contribution >= 4 is 11.7 Å². The van der Waals surface area contributed by atoms with Crippen LogP contribution in [0.2, 0.25) is 0 Å². The molecule has 3 heterocycles. The molecule has 2 saturated heterocycles. The van der Waals surface area contributed by atoms with Crippen molar-refractivity contribution in [3.8, 4) is 0 Å².